The van der Waals surface area contributed by atoms with Crippen LogP contribution in [0.1, 0.15) is 33.1 Å². The van der Waals surface area contributed by atoms with Crippen molar-refractivity contribution in [2.45, 2.75) is 38.7 Å². The Labute approximate surface area is 85.0 Å². The summed E-state index contributed by atoms with van der Waals surface area (Å²) in [6.45, 7) is 5.06. The largest absolute Gasteiger partial charge is 0.409 e. The van der Waals surface area contributed by atoms with E-state index in [0.717, 1.165) is 19.4 Å². The van der Waals surface area contributed by atoms with E-state index in [1.165, 1.54) is 0 Å². The smallest absolute Gasteiger partial charge is 0.139 e. The van der Waals surface area contributed by atoms with Gasteiger partial charge in [0.25, 0.3) is 0 Å². The first-order valence-corrected chi connectivity index (χ1v) is 4.91. The summed E-state index contributed by atoms with van der Waals surface area (Å²) in [5, 5.41) is 23.9. The van der Waals surface area contributed by atoms with Crippen molar-refractivity contribution in [1.29, 1.82) is 0 Å². The molecule has 0 saturated heterocycles. The predicted octanol–water partition coefficient (Wildman–Crippen LogP) is 0.264. The molecule has 0 saturated carbocycles. The van der Waals surface area contributed by atoms with E-state index >= 15 is 0 Å². The van der Waals surface area contributed by atoms with E-state index in [0.29, 0.717) is 13.0 Å². The van der Waals surface area contributed by atoms with E-state index in [4.69, 9.17) is 10.9 Å². The number of oxime groups is 1. The molecule has 0 aliphatic carbocycles. The van der Waals surface area contributed by atoms with Crippen molar-refractivity contribution >= 4 is 5.84 Å². The standard InChI is InChI=1S/C9H21N3O2/c1-3-9(2,13)7-11-6-4-5-8(10)12-14/h11,13-14H,3-7H2,1-2H3,(H2,10,12). The molecule has 0 bridgehead atoms. The number of nitrogens with two attached hydrogens (primary N) is 1. The summed E-state index contributed by atoms with van der Waals surface area (Å²) >= 11 is 0. The molecule has 1 unspecified atom stereocenters. The Balaban J connectivity index is 3.39. The van der Waals surface area contributed by atoms with E-state index in [9.17, 15) is 5.11 Å². The molecule has 84 valence electrons. The van der Waals surface area contributed by atoms with Crippen molar-refractivity contribution in [3.05, 3.63) is 0 Å². The number of hydrogen-bond donors (Lipinski definition) is 4. The number of aliphatic hydroxyl groups is 1. The Morgan fingerprint density at radius 1 is 1.57 bits per heavy atom. The molecule has 14 heavy (non-hydrogen) atoms. The van der Waals surface area contributed by atoms with Crippen LogP contribution in [0.15, 0.2) is 5.16 Å². The Hall–Kier alpha value is -0.810. The first-order chi connectivity index (χ1) is 6.52. The van der Waals surface area contributed by atoms with Crippen molar-refractivity contribution < 1.29 is 10.3 Å². The second-order valence-corrected chi connectivity index (χ2v) is 3.72. The van der Waals surface area contributed by atoms with Crippen LogP contribution >= 0.6 is 0 Å². The van der Waals surface area contributed by atoms with Crippen LogP contribution in [0.2, 0.25) is 0 Å². The molecule has 0 heterocycles. The highest BCUT2D eigenvalue weighted by Crippen LogP contribution is 2.05. The molecule has 5 nitrogen and oxygen atoms in total. The monoisotopic (exact) mass is 203 g/mol. The number of hydrogen-bond acceptors (Lipinski definition) is 4. The fourth-order valence-electron chi connectivity index (χ4n) is 0.927. The molecule has 0 aliphatic heterocycles. The second-order valence-electron chi connectivity index (χ2n) is 3.72. The lowest BCUT2D eigenvalue weighted by Crippen LogP contribution is -2.37. The van der Waals surface area contributed by atoms with E-state index in [2.05, 4.69) is 10.5 Å². The molecule has 5 N–H and O–H groups in total. The topological polar surface area (TPSA) is 90.9 Å². The molecule has 1 atom stereocenters. The van der Waals surface area contributed by atoms with Gasteiger partial charge in [-0.25, -0.2) is 0 Å². The second kappa shape index (κ2) is 6.62. The molecule has 0 spiro atoms. The van der Waals surface area contributed by atoms with Gasteiger partial charge in [-0.15, -0.1) is 0 Å². The van der Waals surface area contributed by atoms with Gasteiger partial charge < -0.3 is 21.4 Å². The molecular formula is C9H21N3O2. The highest BCUT2D eigenvalue weighted by atomic mass is 16.4. The number of nitrogens with zero attached hydrogens (tertiary/aromatic N) is 1. The summed E-state index contributed by atoms with van der Waals surface area (Å²) in [6, 6.07) is 0. The maximum Gasteiger partial charge on any atom is 0.139 e. The molecule has 0 aliphatic rings. The minimum absolute atomic E-state index is 0.244. The molecule has 0 rings (SSSR count). The van der Waals surface area contributed by atoms with Crippen LogP contribution in [0, 0.1) is 0 Å². The highest BCUT2D eigenvalue weighted by molar-refractivity contribution is 5.79. The zero-order valence-corrected chi connectivity index (χ0v) is 8.95. The third-order valence-corrected chi connectivity index (χ3v) is 2.18. The Morgan fingerprint density at radius 2 is 2.21 bits per heavy atom. The third kappa shape index (κ3) is 6.68. The van der Waals surface area contributed by atoms with Gasteiger partial charge in [0, 0.05) is 13.0 Å². The van der Waals surface area contributed by atoms with Gasteiger partial charge in [0.2, 0.25) is 0 Å². The summed E-state index contributed by atoms with van der Waals surface area (Å²) in [7, 11) is 0. The van der Waals surface area contributed by atoms with Gasteiger partial charge in [-0.3, -0.25) is 0 Å². The van der Waals surface area contributed by atoms with Crippen LogP contribution < -0.4 is 11.1 Å². The molecule has 0 aromatic heterocycles. The van der Waals surface area contributed by atoms with Crippen LogP contribution in [0.4, 0.5) is 0 Å². The third-order valence-electron chi connectivity index (χ3n) is 2.18. The molecule has 0 radical (unpaired) electrons. The Morgan fingerprint density at radius 3 is 2.71 bits per heavy atom. The molecule has 0 aromatic rings. The average molecular weight is 203 g/mol. The lowest BCUT2D eigenvalue weighted by atomic mass is 10.0. The normalized spacial score (nSPS) is 16.6. The SMILES string of the molecule is CCC(C)(O)CNCCCC(N)=NO. The number of rotatable bonds is 7. The Bertz CT molecular complexity index is 181. The lowest BCUT2D eigenvalue weighted by Gasteiger charge is -2.21. The summed E-state index contributed by atoms with van der Waals surface area (Å²) in [5.74, 6) is 0.244. The van der Waals surface area contributed by atoms with Crippen LogP contribution in [-0.4, -0.2) is 34.8 Å². The van der Waals surface area contributed by atoms with E-state index in [1.54, 1.807) is 6.92 Å². The van der Waals surface area contributed by atoms with Crippen molar-refractivity contribution in [2.24, 2.45) is 10.9 Å². The highest BCUT2D eigenvalue weighted by Gasteiger charge is 2.15. The molecule has 5 heteroatoms. The van der Waals surface area contributed by atoms with Gasteiger partial charge in [-0.2, -0.15) is 0 Å². The minimum atomic E-state index is -0.642. The van der Waals surface area contributed by atoms with Gasteiger partial charge >= 0.3 is 0 Å². The summed E-state index contributed by atoms with van der Waals surface area (Å²) in [6.07, 6.45) is 2.09. The van der Waals surface area contributed by atoms with Gasteiger partial charge in [0.15, 0.2) is 0 Å². The fraction of sp³-hybridized carbons (Fsp3) is 0.889. The maximum atomic E-state index is 9.63. The van der Waals surface area contributed by atoms with Crippen molar-refractivity contribution in [3.63, 3.8) is 0 Å². The number of nitrogens with one attached hydrogen (secondary N) is 1. The molecule has 0 amide bonds. The first kappa shape index (κ1) is 13.2. The zero-order valence-electron chi connectivity index (χ0n) is 8.95. The van der Waals surface area contributed by atoms with Gasteiger partial charge in [0.05, 0.1) is 5.60 Å². The zero-order chi connectivity index (χ0) is 11.0. The van der Waals surface area contributed by atoms with Gasteiger partial charge in [-0.1, -0.05) is 12.1 Å². The maximum absolute atomic E-state index is 9.63. The summed E-state index contributed by atoms with van der Waals surface area (Å²) in [5.41, 5.74) is 4.65. The van der Waals surface area contributed by atoms with Crippen LogP contribution in [0.25, 0.3) is 0 Å². The van der Waals surface area contributed by atoms with Crippen molar-refractivity contribution in [3.8, 4) is 0 Å². The minimum Gasteiger partial charge on any atom is -0.409 e. The summed E-state index contributed by atoms with van der Waals surface area (Å²) < 4.78 is 0. The predicted molar refractivity (Wildman–Crippen MR) is 56.4 cm³/mol. The van der Waals surface area contributed by atoms with Gasteiger partial charge in [0.1, 0.15) is 5.84 Å². The van der Waals surface area contributed by atoms with Crippen LogP contribution in [0.3, 0.4) is 0 Å². The van der Waals surface area contributed by atoms with Crippen molar-refractivity contribution in [1.82, 2.24) is 5.32 Å². The number of amidine groups is 1. The average Bonchev–Trinajstić information content (AvgIpc) is 2.17. The lowest BCUT2D eigenvalue weighted by molar-refractivity contribution is 0.0560. The van der Waals surface area contributed by atoms with Crippen molar-refractivity contribution in [2.75, 3.05) is 13.1 Å². The molecule has 0 fully saturated rings. The fourth-order valence-corrected chi connectivity index (χ4v) is 0.927. The van der Waals surface area contributed by atoms with E-state index in [-0.39, 0.29) is 5.84 Å². The summed E-state index contributed by atoms with van der Waals surface area (Å²) in [4.78, 5) is 0. The van der Waals surface area contributed by atoms with E-state index < -0.39 is 5.60 Å². The molecular weight excluding hydrogens is 182 g/mol. The van der Waals surface area contributed by atoms with Crippen LogP contribution in [0.5, 0.6) is 0 Å². The van der Waals surface area contributed by atoms with Gasteiger partial charge in [-0.05, 0) is 26.3 Å². The van der Waals surface area contributed by atoms with Crippen LogP contribution in [-0.2, 0) is 0 Å². The Kier molecular flexibility index (Phi) is 6.23. The molecule has 0 aromatic carbocycles. The first-order valence-electron chi connectivity index (χ1n) is 4.91. The quantitative estimate of drug-likeness (QED) is 0.157. The van der Waals surface area contributed by atoms with E-state index in [1.807, 2.05) is 6.92 Å².